The van der Waals surface area contributed by atoms with Gasteiger partial charge in [-0.05, 0) is 36.4 Å². The summed E-state index contributed by atoms with van der Waals surface area (Å²) in [4.78, 5) is 17.5. The molecule has 156 valence electrons. The minimum absolute atomic E-state index is 0.0339. The van der Waals surface area contributed by atoms with Gasteiger partial charge in [0.2, 0.25) is 5.82 Å². The molecule has 4 rings (SSSR count). The average molecular weight is 479 g/mol. The SMILES string of the molecule is COc1ccc(OC)c(NC(=O)c2nc(-c3ccccc3)n(-c3ccc(Br)cc3)n2)c1. The quantitative estimate of drug-likeness (QED) is 0.423. The van der Waals surface area contributed by atoms with E-state index in [1.54, 1.807) is 30.0 Å². The first-order valence-electron chi connectivity index (χ1n) is 9.41. The highest BCUT2D eigenvalue weighted by Crippen LogP contribution is 2.29. The Labute approximate surface area is 187 Å². The number of methoxy groups -OCH3 is 2. The molecule has 0 bridgehead atoms. The Kier molecular flexibility index (Phi) is 5.99. The maximum absolute atomic E-state index is 13.0. The molecule has 0 unspecified atom stereocenters. The summed E-state index contributed by atoms with van der Waals surface area (Å²) in [6.07, 6.45) is 0. The Morgan fingerprint density at radius 1 is 0.968 bits per heavy atom. The molecule has 0 aliphatic carbocycles. The van der Waals surface area contributed by atoms with Crippen molar-refractivity contribution in [3.05, 3.63) is 83.1 Å². The zero-order chi connectivity index (χ0) is 21.8. The van der Waals surface area contributed by atoms with Crippen LogP contribution < -0.4 is 14.8 Å². The first-order valence-corrected chi connectivity index (χ1v) is 10.2. The lowest BCUT2D eigenvalue weighted by molar-refractivity contribution is 0.101. The number of rotatable bonds is 6. The minimum atomic E-state index is -0.459. The number of anilines is 1. The van der Waals surface area contributed by atoms with Crippen molar-refractivity contribution in [2.75, 3.05) is 19.5 Å². The number of amides is 1. The first-order chi connectivity index (χ1) is 15.1. The van der Waals surface area contributed by atoms with Crippen LogP contribution in [0.25, 0.3) is 17.1 Å². The summed E-state index contributed by atoms with van der Waals surface area (Å²) in [5, 5.41) is 7.30. The second-order valence-corrected chi connectivity index (χ2v) is 7.45. The molecular weight excluding hydrogens is 460 g/mol. The van der Waals surface area contributed by atoms with E-state index in [1.807, 2.05) is 54.6 Å². The van der Waals surface area contributed by atoms with Gasteiger partial charge in [-0.2, -0.15) is 0 Å². The summed E-state index contributed by atoms with van der Waals surface area (Å²) in [6, 6.07) is 22.4. The van der Waals surface area contributed by atoms with Crippen LogP contribution >= 0.6 is 15.9 Å². The van der Waals surface area contributed by atoms with Crippen LogP contribution in [0.5, 0.6) is 11.5 Å². The number of ether oxygens (including phenoxy) is 2. The fraction of sp³-hybridized carbons (Fsp3) is 0.0870. The van der Waals surface area contributed by atoms with Gasteiger partial charge in [0.05, 0.1) is 25.6 Å². The second-order valence-electron chi connectivity index (χ2n) is 6.53. The molecule has 0 atom stereocenters. The molecule has 1 heterocycles. The van der Waals surface area contributed by atoms with E-state index in [1.165, 1.54) is 7.11 Å². The van der Waals surface area contributed by atoms with Gasteiger partial charge in [0.1, 0.15) is 11.5 Å². The zero-order valence-electron chi connectivity index (χ0n) is 16.9. The van der Waals surface area contributed by atoms with Crippen molar-refractivity contribution < 1.29 is 14.3 Å². The summed E-state index contributed by atoms with van der Waals surface area (Å²) in [5.41, 5.74) is 2.09. The Bertz CT molecular complexity index is 1210. The van der Waals surface area contributed by atoms with Crippen LogP contribution in [-0.4, -0.2) is 34.9 Å². The molecule has 1 amide bonds. The van der Waals surface area contributed by atoms with E-state index in [-0.39, 0.29) is 5.82 Å². The molecule has 0 spiro atoms. The summed E-state index contributed by atoms with van der Waals surface area (Å²) in [6.45, 7) is 0. The first kappa shape index (κ1) is 20.6. The van der Waals surface area contributed by atoms with E-state index in [4.69, 9.17) is 9.47 Å². The fourth-order valence-corrected chi connectivity index (χ4v) is 3.30. The van der Waals surface area contributed by atoms with Crippen LogP contribution in [0.3, 0.4) is 0 Å². The third-order valence-corrected chi connectivity index (χ3v) is 5.10. The molecule has 1 aromatic heterocycles. The van der Waals surface area contributed by atoms with Gasteiger partial charge in [0.25, 0.3) is 5.91 Å². The Balaban J connectivity index is 1.74. The van der Waals surface area contributed by atoms with E-state index in [0.29, 0.717) is 23.0 Å². The van der Waals surface area contributed by atoms with Crippen LogP contribution in [-0.2, 0) is 0 Å². The van der Waals surface area contributed by atoms with Crippen LogP contribution in [0.15, 0.2) is 77.3 Å². The predicted molar refractivity (Wildman–Crippen MR) is 122 cm³/mol. The molecule has 7 nitrogen and oxygen atoms in total. The summed E-state index contributed by atoms with van der Waals surface area (Å²) >= 11 is 3.44. The molecule has 0 saturated carbocycles. The highest BCUT2D eigenvalue weighted by atomic mass is 79.9. The van der Waals surface area contributed by atoms with Crippen LogP contribution in [0.1, 0.15) is 10.6 Å². The third kappa shape index (κ3) is 4.44. The van der Waals surface area contributed by atoms with Crippen molar-refractivity contribution in [1.82, 2.24) is 14.8 Å². The van der Waals surface area contributed by atoms with Crippen molar-refractivity contribution in [2.45, 2.75) is 0 Å². The monoisotopic (exact) mass is 478 g/mol. The lowest BCUT2D eigenvalue weighted by atomic mass is 10.2. The summed E-state index contributed by atoms with van der Waals surface area (Å²) in [5.74, 6) is 1.23. The molecule has 0 radical (unpaired) electrons. The number of aromatic nitrogens is 3. The van der Waals surface area contributed by atoms with Gasteiger partial charge in [0, 0.05) is 16.1 Å². The van der Waals surface area contributed by atoms with Gasteiger partial charge in [-0.1, -0.05) is 46.3 Å². The second kappa shape index (κ2) is 9.01. The highest BCUT2D eigenvalue weighted by Gasteiger charge is 2.20. The minimum Gasteiger partial charge on any atom is -0.497 e. The van der Waals surface area contributed by atoms with Crippen LogP contribution in [0.2, 0.25) is 0 Å². The molecule has 31 heavy (non-hydrogen) atoms. The summed E-state index contributed by atoms with van der Waals surface area (Å²) in [7, 11) is 3.09. The number of nitrogens with one attached hydrogen (secondary N) is 1. The van der Waals surface area contributed by atoms with Gasteiger partial charge < -0.3 is 14.8 Å². The zero-order valence-corrected chi connectivity index (χ0v) is 18.5. The number of nitrogens with zero attached hydrogens (tertiary/aromatic N) is 3. The highest BCUT2D eigenvalue weighted by molar-refractivity contribution is 9.10. The topological polar surface area (TPSA) is 78.3 Å². The van der Waals surface area contributed by atoms with E-state index >= 15 is 0 Å². The number of carbonyl (C=O) groups is 1. The van der Waals surface area contributed by atoms with Crippen molar-refractivity contribution in [1.29, 1.82) is 0 Å². The van der Waals surface area contributed by atoms with Crippen molar-refractivity contribution >= 4 is 27.5 Å². The fourth-order valence-electron chi connectivity index (χ4n) is 3.03. The number of carbonyl (C=O) groups excluding carboxylic acids is 1. The number of hydrogen-bond acceptors (Lipinski definition) is 5. The van der Waals surface area contributed by atoms with Crippen LogP contribution in [0, 0.1) is 0 Å². The third-order valence-electron chi connectivity index (χ3n) is 4.57. The molecule has 0 aliphatic heterocycles. The molecule has 0 aliphatic rings. The van der Waals surface area contributed by atoms with Crippen molar-refractivity contribution in [3.8, 4) is 28.6 Å². The summed E-state index contributed by atoms with van der Waals surface area (Å²) < 4.78 is 13.2. The standard InChI is InChI=1S/C23H19BrN4O3/c1-30-18-12-13-20(31-2)19(14-18)25-23(29)21-26-22(15-6-4-3-5-7-15)28(27-21)17-10-8-16(24)9-11-17/h3-14H,1-2H3,(H,25,29). The van der Waals surface area contributed by atoms with Gasteiger partial charge in [0.15, 0.2) is 5.82 Å². The number of halogens is 1. The molecule has 8 heteroatoms. The maximum atomic E-state index is 13.0. The van der Waals surface area contributed by atoms with E-state index in [9.17, 15) is 4.79 Å². The van der Waals surface area contributed by atoms with E-state index in [2.05, 4.69) is 31.3 Å². The predicted octanol–water partition coefficient (Wildman–Crippen LogP) is 4.97. The molecular formula is C23H19BrN4O3. The van der Waals surface area contributed by atoms with Gasteiger partial charge in [-0.25, -0.2) is 9.67 Å². The Hall–Kier alpha value is -3.65. The number of hydrogen-bond donors (Lipinski definition) is 1. The maximum Gasteiger partial charge on any atom is 0.295 e. The lowest BCUT2D eigenvalue weighted by Gasteiger charge is -2.10. The Morgan fingerprint density at radius 2 is 1.71 bits per heavy atom. The molecule has 3 aromatic carbocycles. The van der Waals surface area contributed by atoms with E-state index in [0.717, 1.165) is 15.7 Å². The lowest BCUT2D eigenvalue weighted by Crippen LogP contribution is -2.15. The smallest absolute Gasteiger partial charge is 0.295 e. The van der Waals surface area contributed by atoms with Gasteiger partial charge in [-0.3, -0.25) is 4.79 Å². The largest absolute Gasteiger partial charge is 0.497 e. The van der Waals surface area contributed by atoms with Gasteiger partial charge >= 0.3 is 0 Å². The van der Waals surface area contributed by atoms with Crippen LogP contribution in [0.4, 0.5) is 5.69 Å². The average Bonchev–Trinajstić information content (AvgIpc) is 3.26. The van der Waals surface area contributed by atoms with Gasteiger partial charge in [-0.15, -0.1) is 5.10 Å². The molecule has 1 N–H and O–H groups in total. The van der Waals surface area contributed by atoms with Crippen molar-refractivity contribution in [2.24, 2.45) is 0 Å². The van der Waals surface area contributed by atoms with E-state index < -0.39 is 5.91 Å². The Morgan fingerprint density at radius 3 is 2.39 bits per heavy atom. The molecule has 4 aromatic rings. The molecule has 0 fully saturated rings. The number of benzene rings is 3. The van der Waals surface area contributed by atoms with Crippen molar-refractivity contribution in [3.63, 3.8) is 0 Å². The molecule has 0 saturated heterocycles. The normalized spacial score (nSPS) is 10.5.